The number of aliphatic hydroxyl groups is 7. The molecule has 56 heavy (non-hydrogen) atoms. The molecule has 2 aromatic rings. The third kappa shape index (κ3) is 10.6. The molecule has 12 atom stereocenters. The van der Waals surface area contributed by atoms with Crippen molar-refractivity contribution in [1.29, 1.82) is 0 Å². The summed E-state index contributed by atoms with van der Waals surface area (Å²) < 4.78 is 39.2. The Morgan fingerprint density at radius 1 is 0.714 bits per heavy atom. The molecule has 5 rings (SSSR count). The number of hydrogen-bond acceptors (Lipinski definition) is 18. The molecule has 9 N–H and O–H groups in total. The lowest BCUT2D eigenvalue weighted by atomic mass is 9.86. The Bertz CT molecular complexity index is 1640. The van der Waals surface area contributed by atoms with Crippen LogP contribution in [0, 0.1) is 5.92 Å². The topological polar surface area (TPSA) is 281 Å². The third-order valence-corrected chi connectivity index (χ3v) is 9.66. The average Bonchev–Trinajstić information content (AvgIpc) is 3.19. The predicted octanol–water partition coefficient (Wildman–Crippen LogP) is -1.20. The number of carbonyl (C=O) groups is 2. The standard InChI is InChI=1S/C38H48O18/c1-2-23-24(15-28(42)52-18-27-30(44)32(46)33(47)37(55-27)51-14-12-20-5-9-22(41)10-6-20)25(35(49)50-13-11-19-3-7-21(40)8-4-19)17-53-36(23)56-38-34(48)31(45)29(43)26(16-39)54-38/h2-10,17,24,26-27,29-34,36-41,43-48H,11-16,18H2,1H3/t24-,26+,27+,29+,30+,31-,32-,33+,34+,36-,37+,38-/m0/s1. The maximum absolute atomic E-state index is 13.4. The lowest BCUT2D eigenvalue weighted by molar-refractivity contribution is -0.327. The Kier molecular flexibility index (Phi) is 15.2. The normalized spacial score (nSPS) is 32.6. The zero-order chi connectivity index (χ0) is 40.5. The first-order chi connectivity index (χ1) is 26.8. The summed E-state index contributed by atoms with van der Waals surface area (Å²) in [6, 6.07) is 12.6. The highest BCUT2D eigenvalue weighted by Crippen LogP contribution is 2.36. The summed E-state index contributed by atoms with van der Waals surface area (Å²) in [6.07, 6.45) is -14.7. The van der Waals surface area contributed by atoms with Crippen molar-refractivity contribution in [1.82, 2.24) is 0 Å². The van der Waals surface area contributed by atoms with Gasteiger partial charge in [-0.15, -0.1) is 0 Å². The van der Waals surface area contributed by atoms with Crippen LogP contribution in [-0.4, -0.2) is 152 Å². The van der Waals surface area contributed by atoms with E-state index in [0.29, 0.717) is 6.42 Å². The average molecular weight is 793 g/mol. The minimum atomic E-state index is -1.79. The Hall–Kier alpha value is -4.18. The fraction of sp³-hybridized carbons (Fsp3) is 0.526. The van der Waals surface area contributed by atoms with Gasteiger partial charge in [-0.25, -0.2) is 4.79 Å². The summed E-state index contributed by atoms with van der Waals surface area (Å²) in [6.45, 7) is 0.183. The molecule has 308 valence electrons. The first-order valence-electron chi connectivity index (χ1n) is 18.0. The molecule has 0 spiro atoms. The van der Waals surface area contributed by atoms with E-state index in [4.69, 9.17) is 33.2 Å². The van der Waals surface area contributed by atoms with Crippen molar-refractivity contribution < 1.29 is 88.7 Å². The van der Waals surface area contributed by atoms with Crippen LogP contribution >= 0.6 is 0 Å². The van der Waals surface area contributed by atoms with E-state index in [9.17, 15) is 55.5 Å². The van der Waals surface area contributed by atoms with Crippen LogP contribution in [0.25, 0.3) is 0 Å². The van der Waals surface area contributed by atoms with Gasteiger partial charge >= 0.3 is 11.9 Å². The number of phenolic OH excluding ortho intramolecular Hbond substituents is 2. The van der Waals surface area contributed by atoms with E-state index < -0.39 is 105 Å². The fourth-order valence-electron chi connectivity index (χ4n) is 6.36. The number of benzene rings is 2. The van der Waals surface area contributed by atoms with Gasteiger partial charge in [0.1, 0.15) is 66.9 Å². The second-order valence-corrected chi connectivity index (χ2v) is 13.5. The van der Waals surface area contributed by atoms with Gasteiger partial charge in [0.25, 0.3) is 0 Å². The molecule has 0 amide bonds. The summed E-state index contributed by atoms with van der Waals surface area (Å²) in [4.78, 5) is 26.9. The molecule has 2 saturated heterocycles. The van der Waals surface area contributed by atoms with E-state index in [1.165, 1.54) is 30.3 Å². The number of esters is 2. The van der Waals surface area contributed by atoms with Crippen molar-refractivity contribution in [2.24, 2.45) is 5.92 Å². The molecule has 18 heteroatoms. The molecule has 0 bridgehead atoms. The summed E-state index contributed by atoms with van der Waals surface area (Å²) >= 11 is 0. The molecule has 3 aliphatic heterocycles. The molecule has 0 unspecified atom stereocenters. The minimum absolute atomic E-state index is 0.0320. The smallest absolute Gasteiger partial charge is 0.337 e. The molecule has 0 aromatic heterocycles. The largest absolute Gasteiger partial charge is 0.508 e. The van der Waals surface area contributed by atoms with Crippen LogP contribution in [0.4, 0.5) is 0 Å². The number of aromatic hydroxyl groups is 2. The van der Waals surface area contributed by atoms with Gasteiger partial charge in [0.15, 0.2) is 12.6 Å². The van der Waals surface area contributed by atoms with Gasteiger partial charge in [0.05, 0.1) is 38.1 Å². The molecule has 2 aromatic carbocycles. The van der Waals surface area contributed by atoms with E-state index in [-0.39, 0.29) is 42.3 Å². The van der Waals surface area contributed by atoms with Crippen LogP contribution in [-0.2, 0) is 55.6 Å². The van der Waals surface area contributed by atoms with Crippen molar-refractivity contribution in [2.45, 2.75) is 93.9 Å². The highest BCUT2D eigenvalue weighted by atomic mass is 16.8. The molecule has 0 aliphatic carbocycles. The Labute approximate surface area is 321 Å². The molecule has 0 radical (unpaired) electrons. The zero-order valence-electron chi connectivity index (χ0n) is 30.4. The first kappa shape index (κ1) is 43.0. The van der Waals surface area contributed by atoms with Gasteiger partial charge in [-0.2, -0.15) is 0 Å². The number of rotatable bonds is 15. The summed E-state index contributed by atoms with van der Waals surface area (Å²) in [5, 5.41) is 91.3. The predicted molar refractivity (Wildman–Crippen MR) is 188 cm³/mol. The molecule has 18 nitrogen and oxygen atoms in total. The number of aliphatic hydroxyl groups excluding tert-OH is 7. The zero-order valence-corrected chi connectivity index (χ0v) is 30.4. The van der Waals surface area contributed by atoms with Crippen LogP contribution in [0.5, 0.6) is 11.5 Å². The van der Waals surface area contributed by atoms with Crippen LogP contribution in [0.3, 0.4) is 0 Å². The maximum atomic E-state index is 13.4. The van der Waals surface area contributed by atoms with Gasteiger partial charge < -0.3 is 79.1 Å². The van der Waals surface area contributed by atoms with Gasteiger partial charge in [-0.05, 0) is 48.7 Å². The van der Waals surface area contributed by atoms with Crippen molar-refractivity contribution in [3.05, 3.63) is 83.1 Å². The van der Waals surface area contributed by atoms with E-state index in [1.807, 2.05) is 0 Å². The molecule has 2 fully saturated rings. The second kappa shape index (κ2) is 19.8. The molecular formula is C38H48O18. The van der Waals surface area contributed by atoms with Crippen molar-refractivity contribution in [2.75, 3.05) is 26.4 Å². The summed E-state index contributed by atoms with van der Waals surface area (Å²) in [5.41, 5.74) is 1.62. The Morgan fingerprint density at radius 3 is 1.86 bits per heavy atom. The highest BCUT2D eigenvalue weighted by molar-refractivity contribution is 5.91. The number of carbonyl (C=O) groups excluding carboxylic acids is 2. The van der Waals surface area contributed by atoms with Crippen LogP contribution in [0.15, 0.2) is 72.0 Å². The Balaban J connectivity index is 1.26. The summed E-state index contributed by atoms with van der Waals surface area (Å²) in [7, 11) is 0. The molecule has 3 heterocycles. The first-order valence-corrected chi connectivity index (χ1v) is 18.0. The lowest BCUT2D eigenvalue weighted by Crippen LogP contribution is -2.60. The maximum Gasteiger partial charge on any atom is 0.337 e. The van der Waals surface area contributed by atoms with E-state index >= 15 is 0 Å². The monoisotopic (exact) mass is 792 g/mol. The number of phenols is 2. The van der Waals surface area contributed by atoms with Gasteiger partial charge in [-0.3, -0.25) is 4.79 Å². The van der Waals surface area contributed by atoms with Gasteiger partial charge in [0.2, 0.25) is 6.29 Å². The third-order valence-electron chi connectivity index (χ3n) is 9.66. The molecular weight excluding hydrogens is 744 g/mol. The number of hydrogen-bond donors (Lipinski definition) is 9. The van der Waals surface area contributed by atoms with Crippen molar-refractivity contribution >= 4 is 11.9 Å². The Morgan fingerprint density at radius 2 is 1.27 bits per heavy atom. The lowest BCUT2D eigenvalue weighted by Gasteiger charge is -2.42. The van der Waals surface area contributed by atoms with Crippen molar-refractivity contribution in [3.8, 4) is 11.5 Å². The van der Waals surface area contributed by atoms with E-state index in [1.54, 1.807) is 31.2 Å². The van der Waals surface area contributed by atoms with Crippen LogP contribution in [0.2, 0.25) is 0 Å². The highest BCUT2D eigenvalue weighted by Gasteiger charge is 2.48. The number of ether oxygens (including phenoxy) is 7. The SMILES string of the molecule is CC=C1[C@H](O[C@@H]2O[C@H](CO)[C@@H](O)[C@H](O)[C@H]2O)OC=C(C(=O)OCCc2ccc(O)cc2)[C@H]1CC(=O)OC[C@H]1O[C@@H](OCCc2ccc(O)cc2)[C@H](O)[C@@H](O)[C@@H]1O. The van der Waals surface area contributed by atoms with Gasteiger partial charge in [-0.1, -0.05) is 30.3 Å². The van der Waals surface area contributed by atoms with Crippen molar-refractivity contribution in [3.63, 3.8) is 0 Å². The minimum Gasteiger partial charge on any atom is -0.508 e. The van der Waals surface area contributed by atoms with Crippen LogP contribution in [0.1, 0.15) is 24.5 Å². The molecule has 3 aliphatic rings. The number of allylic oxidation sites excluding steroid dienone is 1. The second-order valence-electron chi connectivity index (χ2n) is 13.5. The van der Waals surface area contributed by atoms with Gasteiger partial charge in [0, 0.05) is 17.9 Å². The van der Waals surface area contributed by atoms with Crippen LogP contribution < -0.4 is 0 Å². The summed E-state index contributed by atoms with van der Waals surface area (Å²) in [5.74, 6) is -2.74. The molecule has 0 saturated carbocycles. The quantitative estimate of drug-likeness (QED) is 0.0757. The van der Waals surface area contributed by atoms with E-state index in [0.717, 1.165) is 17.4 Å². The van der Waals surface area contributed by atoms with E-state index in [2.05, 4.69) is 0 Å². The fourth-order valence-corrected chi connectivity index (χ4v) is 6.36.